The second-order valence-electron chi connectivity index (χ2n) is 5.40. The molecule has 0 spiro atoms. The van der Waals surface area contributed by atoms with Crippen LogP contribution in [-0.2, 0) is 0 Å². The maximum atomic E-state index is 12.5. The number of rotatable bonds is 4. The van der Waals surface area contributed by atoms with E-state index in [9.17, 15) is 4.79 Å². The van der Waals surface area contributed by atoms with Crippen LogP contribution in [0, 0.1) is 19.8 Å². The van der Waals surface area contributed by atoms with Gasteiger partial charge in [-0.1, -0.05) is 35.5 Å². The van der Waals surface area contributed by atoms with E-state index in [4.69, 9.17) is 4.52 Å². The molecule has 0 saturated heterocycles. The summed E-state index contributed by atoms with van der Waals surface area (Å²) >= 11 is 0. The van der Waals surface area contributed by atoms with Gasteiger partial charge in [0.2, 0.25) is 0 Å². The first-order valence-corrected chi connectivity index (χ1v) is 6.95. The van der Waals surface area contributed by atoms with Crippen molar-refractivity contribution < 1.29 is 9.32 Å². The highest BCUT2D eigenvalue weighted by Crippen LogP contribution is 2.41. The molecule has 0 radical (unpaired) electrons. The molecule has 0 bridgehead atoms. The maximum Gasteiger partial charge on any atom is 0.257 e. The van der Waals surface area contributed by atoms with Crippen molar-refractivity contribution in [3.63, 3.8) is 0 Å². The van der Waals surface area contributed by atoms with E-state index in [1.54, 1.807) is 13.8 Å². The molecule has 1 heterocycles. The van der Waals surface area contributed by atoms with Crippen molar-refractivity contribution in [3.8, 4) is 0 Å². The van der Waals surface area contributed by atoms with Crippen molar-refractivity contribution in [2.45, 2.75) is 32.7 Å². The number of hydrogen-bond donors (Lipinski definition) is 1. The van der Waals surface area contributed by atoms with Gasteiger partial charge in [-0.05, 0) is 38.2 Å². The summed E-state index contributed by atoms with van der Waals surface area (Å²) in [5, 5.41) is 6.98. The van der Waals surface area contributed by atoms with Crippen LogP contribution in [0.2, 0.25) is 0 Å². The standard InChI is InChI=1S/C16H18N2O2/c1-10-14(11(2)20-18-10)16(19)17-15(13-8-9-13)12-6-4-3-5-7-12/h3-7,13,15H,8-9H2,1-2H3,(H,17,19)/t15-/m0/s1. The number of aryl methyl sites for hydroxylation is 2. The number of nitrogens with zero attached hydrogens (tertiary/aromatic N) is 1. The summed E-state index contributed by atoms with van der Waals surface area (Å²) < 4.78 is 5.07. The van der Waals surface area contributed by atoms with Crippen LogP contribution in [0.5, 0.6) is 0 Å². The third kappa shape index (κ3) is 2.46. The fourth-order valence-corrected chi connectivity index (χ4v) is 2.58. The molecule has 1 N–H and O–H groups in total. The molecule has 1 aromatic heterocycles. The van der Waals surface area contributed by atoms with E-state index in [2.05, 4.69) is 22.6 Å². The molecular weight excluding hydrogens is 252 g/mol. The van der Waals surface area contributed by atoms with Gasteiger partial charge in [0.15, 0.2) is 0 Å². The first kappa shape index (κ1) is 12.9. The zero-order chi connectivity index (χ0) is 14.1. The highest BCUT2D eigenvalue weighted by Gasteiger charge is 2.34. The maximum absolute atomic E-state index is 12.5. The Hall–Kier alpha value is -2.10. The Morgan fingerprint density at radius 1 is 1.30 bits per heavy atom. The Kier molecular flexibility index (Phi) is 3.30. The van der Waals surface area contributed by atoms with Gasteiger partial charge in [0.25, 0.3) is 5.91 Å². The van der Waals surface area contributed by atoms with Crippen LogP contribution in [0.1, 0.15) is 46.3 Å². The van der Waals surface area contributed by atoms with Gasteiger partial charge in [0, 0.05) is 0 Å². The predicted octanol–water partition coefficient (Wildman–Crippen LogP) is 3.17. The number of hydrogen-bond acceptors (Lipinski definition) is 3. The van der Waals surface area contributed by atoms with Crippen molar-refractivity contribution in [2.75, 3.05) is 0 Å². The Morgan fingerprint density at radius 2 is 2.00 bits per heavy atom. The second-order valence-corrected chi connectivity index (χ2v) is 5.40. The van der Waals surface area contributed by atoms with Gasteiger partial charge in [0.1, 0.15) is 11.3 Å². The topological polar surface area (TPSA) is 55.1 Å². The molecule has 1 aliphatic rings. The predicted molar refractivity (Wildman–Crippen MR) is 75.4 cm³/mol. The van der Waals surface area contributed by atoms with Crippen LogP contribution in [0.15, 0.2) is 34.9 Å². The highest BCUT2D eigenvalue weighted by molar-refractivity contribution is 5.96. The van der Waals surface area contributed by atoms with Gasteiger partial charge in [-0.2, -0.15) is 0 Å². The molecule has 1 aromatic carbocycles. The van der Waals surface area contributed by atoms with Gasteiger partial charge >= 0.3 is 0 Å². The summed E-state index contributed by atoms with van der Waals surface area (Å²) in [4.78, 5) is 12.5. The number of amides is 1. The van der Waals surface area contributed by atoms with Gasteiger partial charge in [-0.15, -0.1) is 0 Å². The Bertz CT molecular complexity index is 595. The number of carbonyl (C=O) groups is 1. The molecule has 1 atom stereocenters. The van der Waals surface area contributed by atoms with Crippen LogP contribution in [0.25, 0.3) is 0 Å². The molecule has 1 fully saturated rings. The average Bonchev–Trinajstić information content (AvgIpc) is 3.23. The lowest BCUT2D eigenvalue weighted by molar-refractivity contribution is 0.0929. The van der Waals surface area contributed by atoms with Crippen molar-refractivity contribution in [1.82, 2.24) is 10.5 Å². The van der Waals surface area contributed by atoms with Crippen LogP contribution < -0.4 is 5.32 Å². The zero-order valence-corrected chi connectivity index (χ0v) is 11.7. The van der Waals surface area contributed by atoms with Gasteiger partial charge in [-0.3, -0.25) is 4.79 Å². The van der Waals surface area contributed by atoms with Crippen molar-refractivity contribution >= 4 is 5.91 Å². The lowest BCUT2D eigenvalue weighted by Crippen LogP contribution is -2.30. The molecule has 20 heavy (non-hydrogen) atoms. The normalized spacial score (nSPS) is 15.9. The Labute approximate surface area is 118 Å². The summed E-state index contributed by atoms with van der Waals surface area (Å²) in [6.07, 6.45) is 2.34. The zero-order valence-electron chi connectivity index (χ0n) is 11.7. The number of aromatic nitrogens is 1. The van der Waals surface area contributed by atoms with E-state index in [0.29, 0.717) is 22.9 Å². The van der Waals surface area contributed by atoms with Crippen molar-refractivity contribution in [1.29, 1.82) is 0 Å². The van der Waals surface area contributed by atoms with Crippen molar-refractivity contribution in [2.24, 2.45) is 5.92 Å². The van der Waals surface area contributed by atoms with E-state index in [1.165, 1.54) is 12.8 Å². The average molecular weight is 270 g/mol. The largest absolute Gasteiger partial charge is 0.361 e. The van der Waals surface area contributed by atoms with Crippen LogP contribution >= 0.6 is 0 Å². The first-order valence-electron chi connectivity index (χ1n) is 6.95. The van der Waals surface area contributed by atoms with E-state index in [0.717, 1.165) is 5.56 Å². The quantitative estimate of drug-likeness (QED) is 0.928. The van der Waals surface area contributed by atoms with E-state index < -0.39 is 0 Å². The third-order valence-corrected chi connectivity index (χ3v) is 3.80. The molecule has 0 aliphatic heterocycles. The monoisotopic (exact) mass is 270 g/mol. The minimum absolute atomic E-state index is 0.0809. The smallest absolute Gasteiger partial charge is 0.257 e. The van der Waals surface area contributed by atoms with E-state index >= 15 is 0 Å². The van der Waals surface area contributed by atoms with Gasteiger partial charge < -0.3 is 9.84 Å². The first-order chi connectivity index (χ1) is 9.66. The minimum atomic E-state index is -0.0954. The van der Waals surface area contributed by atoms with E-state index in [-0.39, 0.29) is 11.9 Å². The molecule has 2 aromatic rings. The van der Waals surface area contributed by atoms with Crippen LogP contribution in [-0.4, -0.2) is 11.1 Å². The third-order valence-electron chi connectivity index (χ3n) is 3.80. The fraction of sp³-hybridized carbons (Fsp3) is 0.375. The molecule has 1 saturated carbocycles. The molecule has 4 heteroatoms. The molecule has 3 rings (SSSR count). The number of carbonyl (C=O) groups excluding carboxylic acids is 1. The number of nitrogens with one attached hydrogen (secondary N) is 1. The SMILES string of the molecule is Cc1noc(C)c1C(=O)N[C@@H](c1ccccc1)C1CC1. The van der Waals surface area contributed by atoms with Crippen LogP contribution in [0.4, 0.5) is 0 Å². The molecular formula is C16H18N2O2. The molecule has 1 aliphatic carbocycles. The lowest BCUT2D eigenvalue weighted by Gasteiger charge is -2.18. The van der Waals surface area contributed by atoms with Crippen molar-refractivity contribution in [3.05, 3.63) is 52.9 Å². The second kappa shape index (κ2) is 5.12. The number of benzene rings is 1. The van der Waals surface area contributed by atoms with E-state index in [1.807, 2.05) is 18.2 Å². The Balaban J connectivity index is 1.83. The fourth-order valence-electron chi connectivity index (χ4n) is 2.58. The summed E-state index contributed by atoms with van der Waals surface area (Å²) in [5.41, 5.74) is 2.37. The Morgan fingerprint density at radius 3 is 2.55 bits per heavy atom. The summed E-state index contributed by atoms with van der Waals surface area (Å²) in [6.45, 7) is 3.56. The summed E-state index contributed by atoms with van der Waals surface area (Å²) in [7, 11) is 0. The van der Waals surface area contributed by atoms with Gasteiger partial charge in [-0.25, -0.2) is 0 Å². The lowest BCUT2D eigenvalue weighted by atomic mass is 10.0. The summed E-state index contributed by atoms with van der Waals surface area (Å²) in [6, 6.07) is 10.2. The minimum Gasteiger partial charge on any atom is -0.361 e. The molecule has 4 nitrogen and oxygen atoms in total. The highest BCUT2D eigenvalue weighted by atomic mass is 16.5. The van der Waals surface area contributed by atoms with Crippen LogP contribution in [0.3, 0.4) is 0 Å². The summed E-state index contributed by atoms with van der Waals surface area (Å²) in [5.74, 6) is 1.02. The van der Waals surface area contributed by atoms with Gasteiger partial charge in [0.05, 0.1) is 11.7 Å². The molecule has 104 valence electrons. The molecule has 0 unspecified atom stereocenters. The molecule has 1 amide bonds.